The first-order valence-electron chi connectivity index (χ1n) is 3.80. The molecule has 0 aliphatic carbocycles. The average Bonchev–Trinajstić information content (AvgIpc) is 2.17. The Morgan fingerprint density at radius 3 is 2.64 bits per heavy atom. The third-order valence-corrected chi connectivity index (χ3v) is 2.09. The van der Waals surface area contributed by atoms with Crippen LogP contribution >= 0.6 is 11.6 Å². The number of halogens is 1. The Hall–Kier alpha value is -1.66. The first kappa shape index (κ1) is 10.4. The predicted molar refractivity (Wildman–Crippen MR) is 51.5 cm³/mol. The average molecular weight is 208 g/mol. The summed E-state index contributed by atoms with van der Waals surface area (Å²) in [5.74, 6) is 0. The van der Waals surface area contributed by atoms with E-state index in [-0.39, 0.29) is 16.7 Å². The van der Waals surface area contributed by atoms with Gasteiger partial charge in [-0.3, -0.25) is 9.59 Å². The Kier molecular flexibility index (Phi) is 3.00. The number of aryl methyl sites for hydroxylation is 1. The second-order valence-corrected chi connectivity index (χ2v) is 3.07. The van der Waals surface area contributed by atoms with Crippen LogP contribution in [-0.2, 0) is 0 Å². The largest absolute Gasteiger partial charge is 0.298 e. The molecule has 3 nitrogen and oxygen atoms in total. The second-order valence-electron chi connectivity index (χ2n) is 2.72. The van der Waals surface area contributed by atoms with Crippen molar-refractivity contribution in [3.8, 4) is 6.07 Å². The van der Waals surface area contributed by atoms with Crippen molar-refractivity contribution in [2.24, 2.45) is 0 Å². The molecule has 0 aromatic heterocycles. The number of carbonyl (C=O) groups excluding carboxylic acids is 2. The van der Waals surface area contributed by atoms with Crippen molar-refractivity contribution in [2.45, 2.75) is 6.92 Å². The van der Waals surface area contributed by atoms with Gasteiger partial charge in [0.25, 0.3) is 5.24 Å². The van der Waals surface area contributed by atoms with Gasteiger partial charge in [0.1, 0.15) is 0 Å². The lowest BCUT2D eigenvalue weighted by atomic mass is 9.99. The van der Waals surface area contributed by atoms with E-state index in [0.717, 1.165) is 0 Å². The van der Waals surface area contributed by atoms with E-state index in [1.54, 1.807) is 13.0 Å². The zero-order valence-corrected chi connectivity index (χ0v) is 8.13. The van der Waals surface area contributed by atoms with Crippen molar-refractivity contribution >= 4 is 23.1 Å². The van der Waals surface area contributed by atoms with Crippen LogP contribution in [0.15, 0.2) is 12.1 Å². The number of nitriles is 1. The highest BCUT2D eigenvalue weighted by Gasteiger charge is 2.15. The number of carbonyl (C=O) groups is 2. The quantitative estimate of drug-likeness (QED) is 0.551. The molecule has 0 aliphatic heterocycles. The molecule has 0 bridgehead atoms. The van der Waals surface area contributed by atoms with E-state index in [0.29, 0.717) is 11.8 Å². The molecule has 0 radical (unpaired) electrons. The fourth-order valence-corrected chi connectivity index (χ4v) is 1.38. The number of aldehydes is 1. The number of nitrogens with zero attached hydrogens (tertiary/aromatic N) is 1. The Balaban J connectivity index is 3.62. The normalized spacial score (nSPS) is 9.21. The highest BCUT2D eigenvalue weighted by molar-refractivity contribution is 6.68. The Bertz CT molecular complexity index is 446. The molecular weight excluding hydrogens is 202 g/mol. The Labute approximate surface area is 85.9 Å². The predicted octanol–water partition coefficient (Wildman–Crippen LogP) is 2.06. The molecule has 0 unspecified atom stereocenters. The summed E-state index contributed by atoms with van der Waals surface area (Å²) in [5.41, 5.74) is 0.925. The fourth-order valence-electron chi connectivity index (χ4n) is 1.18. The third-order valence-electron chi connectivity index (χ3n) is 1.90. The van der Waals surface area contributed by atoms with Crippen molar-refractivity contribution in [3.63, 3.8) is 0 Å². The molecule has 1 aromatic rings. The molecule has 1 aromatic carbocycles. The molecule has 0 saturated heterocycles. The summed E-state index contributed by atoms with van der Waals surface area (Å²) in [6.07, 6.45) is 0.534. The lowest BCUT2D eigenvalue weighted by Crippen LogP contribution is -2.02. The smallest absolute Gasteiger partial charge is 0.254 e. The molecule has 1 rings (SSSR count). The van der Waals surface area contributed by atoms with Gasteiger partial charge in [-0.15, -0.1) is 0 Å². The number of rotatable bonds is 2. The zero-order chi connectivity index (χ0) is 10.7. The van der Waals surface area contributed by atoms with Crippen LogP contribution in [0.25, 0.3) is 0 Å². The SMILES string of the molecule is Cc1ccc(C#N)c(C(=O)Cl)c1C=O. The second kappa shape index (κ2) is 4.03. The van der Waals surface area contributed by atoms with Gasteiger partial charge in [-0.05, 0) is 30.2 Å². The minimum absolute atomic E-state index is 0.0100. The topological polar surface area (TPSA) is 57.9 Å². The van der Waals surface area contributed by atoms with Gasteiger partial charge in [0.05, 0.1) is 17.2 Å². The van der Waals surface area contributed by atoms with E-state index >= 15 is 0 Å². The van der Waals surface area contributed by atoms with Crippen LogP contribution in [0.5, 0.6) is 0 Å². The van der Waals surface area contributed by atoms with Gasteiger partial charge in [0, 0.05) is 5.56 Å². The lowest BCUT2D eigenvalue weighted by molar-refractivity contribution is 0.106. The summed E-state index contributed by atoms with van der Waals surface area (Å²) in [6.45, 7) is 1.67. The van der Waals surface area contributed by atoms with Crippen LogP contribution in [0.3, 0.4) is 0 Å². The fraction of sp³-hybridized carbons (Fsp3) is 0.100. The van der Waals surface area contributed by atoms with Gasteiger partial charge in [-0.25, -0.2) is 0 Å². The molecule has 0 saturated carbocycles. The van der Waals surface area contributed by atoms with Crippen LogP contribution in [-0.4, -0.2) is 11.5 Å². The number of benzene rings is 1. The van der Waals surface area contributed by atoms with E-state index < -0.39 is 5.24 Å². The molecule has 0 heterocycles. The van der Waals surface area contributed by atoms with E-state index in [1.165, 1.54) is 6.07 Å². The molecule has 70 valence electrons. The Morgan fingerprint density at radius 2 is 2.21 bits per heavy atom. The zero-order valence-electron chi connectivity index (χ0n) is 7.37. The van der Waals surface area contributed by atoms with E-state index in [9.17, 15) is 9.59 Å². The van der Waals surface area contributed by atoms with Crippen LogP contribution in [0.2, 0.25) is 0 Å². The molecule has 0 amide bonds. The van der Waals surface area contributed by atoms with Crippen LogP contribution in [0.4, 0.5) is 0 Å². The standard InChI is InChI=1S/C10H6ClNO2/c1-6-2-3-7(4-12)9(10(11)14)8(6)5-13/h2-3,5H,1H3. The summed E-state index contributed by atoms with van der Waals surface area (Å²) >= 11 is 5.29. The Morgan fingerprint density at radius 1 is 1.57 bits per heavy atom. The van der Waals surface area contributed by atoms with Gasteiger partial charge in [0.2, 0.25) is 0 Å². The van der Waals surface area contributed by atoms with Crippen molar-refractivity contribution in [1.82, 2.24) is 0 Å². The van der Waals surface area contributed by atoms with Crippen LogP contribution < -0.4 is 0 Å². The van der Waals surface area contributed by atoms with E-state index in [4.69, 9.17) is 16.9 Å². The minimum Gasteiger partial charge on any atom is -0.298 e. The van der Waals surface area contributed by atoms with Gasteiger partial charge in [-0.1, -0.05) is 6.07 Å². The van der Waals surface area contributed by atoms with Gasteiger partial charge in [-0.2, -0.15) is 5.26 Å². The monoisotopic (exact) mass is 207 g/mol. The first-order valence-corrected chi connectivity index (χ1v) is 4.18. The van der Waals surface area contributed by atoms with Crippen molar-refractivity contribution in [2.75, 3.05) is 0 Å². The summed E-state index contributed by atoms with van der Waals surface area (Å²) < 4.78 is 0. The third kappa shape index (κ3) is 1.66. The lowest BCUT2D eigenvalue weighted by Gasteiger charge is -2.04. The molecule has 4 heteroatoms. The number of hydrogen-bond acceptors (Lipinski definition) is 3. The van der Waals surface area contributed by atoms with Crippen LogP contribution in [0, 0.1) is 18.3 Å². The molecule has 0 aliphatic rings. The highest BCUT2D eigenvalue weighted by Crippen LogP contribution is 2.18. The minimum atomic E-state index is -0.785. The van der Waals surface area contributed by atoms with Crippen molar-refractivity contribution in [3.05, 3.63) is 34.4 Å². The number of hydrogen-bond donors (Lipinski definition) is 0. The van der Waals surface area contributed by atoms with E-state index in [1.807, 2.05) is 6.07 Å². The first-order chi connectivity index (χ1) is 6.61. The molecule has 0 fully saturated rings. The van der Waals surface area contributed by atoms with Crippen molar-refractivity contribution < 1.29 is 9.59 Å². The summed E-state index contributed by atoms with van der Waals surface area (Å²) in [4.78, 5) is 21.7. The summed E-state index contributed by atoms with van der Waals surface area (Å²) in [7, 11) is 0. The molecule has 0 atom stereocenters. The molecule has 0 spiro atoms. The maximum absolute atomic E-state index is 11.0. The highest BCUT2D eigenvalue weighted by atomic mass is 35.5. The van der Waals surface area contributed by atoms with Crippen molar-refractivity contribution in [1.29, 1.82) is 5.26 Å². The van der Waals surface area contributed by atoms with Crippen LogP contribution in [0.1, 0.15) is 31.8 Å². The van der Waals surface area contributed by atoms with E-state index in [2.05, 4.69) is 0 Å². The maximum Gasteiger partial charge on any atom is 0.254 e. The van der Waals surface area contributed by atoms with Gasteiger partial charge < -0.3 is 0 Å². The molecule has 14 heavy (non-hydrogen) atoms. The molecular formula is C10H6ClNO2. The van der Waals surface area contributed by atoms with Gasteiger partial charge >= 0.3 is 0 Å². The maximum atomic E-state index is 11.0. The van der Waals surface area contributed by atoms with Gasteiger partial charge in [0.15, 0.2) is 6.29 Å². The molecule has 0 N–H and O–H groups in total. The summed E-state index contributed by atoms with van der Waals surface area (Å²) in [5, 5.41) is 7.92. The summed E-state index contributed by atoms with van der Waals surface area (Å²) in [6, 6.07) is 4.89.